The number of aryl methyl sites for hydroxylation is 1. The molecule has 7 nitrogen and oxygen atoms in total. The summed E-state index contributed by atoms with van der Waals surface area (Å²) in [7, 11) is -3.45. The summed E-state index contributed by atoms with van der Waals surface area (Å²) in [5.74, 6) is -1.21. The molecule has 0 unspecified atom stereocenters. The first kappa shape index (κ1) is 20.9. The van der Waals surface area contributed by atoms with Gasteiger partial charge in [0.05, 0.1) is 10.5 Å². The predicted octanol–water partition coefficient (Wildman–Crippen LogP) is 2.79. The van der Waals surface area contributed by atoms with Crippen LogP contribution in [0.4, 0.5) is 11.4 Å². The van der Waals surface area contributed by atoms with E-state index in [2.05, 4.69) is 10.2 Å². The Hall–Kier alpha value is -2.87. The summed E-state index contributed by atoms with van der Waals surface area (Å²) in [6.07, 6.45) is 3.45. The number of nitrogens with zero attached hydrogens (tertiary/aromatic N) is 1. The molecule has 1 aliphatic rings. The van der Waals surface area contributed by atoms with Crippen LogP contribution in [0.15, 0.2) is 47.4 Å². The van der Waals surface area contributed by atoms with E-state index < -0.39 is 28.3 Å². The average molecular weight is 416 g/mol. The molecule has 0 aliphatic carbocycles. The van der Waals surface area contributed by atoms with Gasteiger partial charge in [0, 0.05) is 30.7 Å². The minimum atomic E-state index is -3.45. The van der Waals surface area contributed by atoms with Crippen molar-refractivity contribution in [1.82, 2.24) is 0 Å². The van der Waals surface area contributed by atoms with E-state index in [1.807, 2.05) is 24.3 Å². The zero-order valence-corrected chi connectivity index (χ0v) is 17.3. The minimum Gasteiger partial charge on any atom is -0.452 e. The van der Waals surface area contributed by atoms with Crippen LogP contribution < -0.4 is 10.2 Å². The summed E-state index contributed by atoms with van der Waals surface area (Å²) >= 11 is 0. The fourth-order valence-corrected chi connectivity index (χ4v) is 3.84. The number of carbonyl (C=O) groups excluding carboxylic acids is 2. The van der Waals surface area contributed by atoms with Crippen LogP contribution >= 0.6 is 0 Å². The van der Waals surface area contributed by atoms with Gasteiger partial charge in [0.25, 0.3) is 5.91 Å². The molecule has 0 bridgehead atoms. The van der Waals surface area contributed by atoms with Crippen LogP contribution in [0.1, 0.15) is 28.8 Å². The summed E-state index contributed by atoms with van der Waals surface area (Å²) in [5, 5.41) is 2.69. The highest BCUT2D eigenvalue weighted by molar-refractivity contribution is 7.90. The number of carbonyl (C=O) groups is 2. The minimum absolute atomic E-state index is 0.0255. The molecule has 0 spiro atoms. The third-order valence-electron chi connectivity index (χ3n) is 4.81. The number of esters is 1. The van der Waals surface area contributed by atoms with Gasteiger partial charge in [-0.3, -0.25) is 4.79 Å². The molecule has 2 aromatic carbocycles. The highest BCUT2D eigenvalue weighted by Gasteiger charge is 2.17. The van der Waals surface area contributed by atoms with Crippen LogP contribution in [0.2, 0.25) is 0 Å². The van der Waals surface area contributed by atoms with Gasteiger partial charge in [0.2, 0.25) is 0 Å². The maximum atomic E-state index is 12.3. The molecule has 0 aromatic heterocycles. The number of nitrogens with one attached hydrogen (secondary N) is 1. The smallest absolute Gasteiger partial charge is 0.338 e. The molecule has 1 fully saturated rings. The van der Waals surface area contributed by atoms with Crippen molar-refractivity contribution < 1.29 is 22.7 Å². The molecule has 8 heteroatoms. The van der Waals surface area contributed by atoms with Crippen molar-refractivity contribution in [3.05, 3.63) is 53.6 Å². The maximum Gasteiger partial charge on any atom is 0.338 e. The van der Waals surface area contributed by atoms with E-state index in [-0.39, 0.29) is 10.5 Å². The number of amides is 1. The molecule has 2 aromatic rings. The summed E-state index contributed by atoms with van der Waals surface area (Å²) in [4.78, 5) is 26.7. The van der Waals surface area contributed by atoms with E-state index in [9.17, 15) is 18.0 Å². The lowest BCUT2D eigenvalue weighted by Gasteiger charge is -2.17. The van der Waals surface area contributed by atoms with Gasteiger partial charge >= 0.3 is 5.97 Å². The molecule has 1 N–H and O–H groups in total. The number of hydrogen-bond acceptors (Lipinski definition) is 6. The topological polar surface area (TPSA) is 92.8 Å². The monoisotopic (exact) mass is 416 g/mol. The normalized spacial score (nSPS) is 13.9. The zero-order valence-electron chi connectivity index (χ0n) is 16.5. The quantitative estimate of drug-likeness (QED) is 0.728. The van der Waals surface area contributed by atoms with Gasteiger partial charge in [-0.05, 0) is 61.7 Å². The van der Waals surface area contributed by atoms with Crippen molar-refractivity contribution in [2.75, 3.05) is 36.2 Å². The molecule has 1 saturated heterocycles. The summed E-state index contributed by atoms with van der Waals surface area (Å²) in [6.45, 7) is 3.29. The first-order valence-electron chi connectivity index (χ1n) is 9.37. The largest absolute Gasteiger partial charge is 0.452 e. The second-order valence-electron chi connectivity index (χ2n) is 7.11. The molecule has 1 aliphatic heterocycles. The summed E-state index contributed by atoms with van der Waals surface area (Å²) < 4.78 is 28.4. The van der Waals surface area contributed by atoms with Gasteiger partial charge in [-0.15, -0.1) is 0 Å². The Labute approximate surface area is 170 Å². The van der Waals surface area contributed by atoms with Gasteiger partial charge in [-0.2, -0.15) is 0 Å². The maximum absolute atomic E-state index is 12.3. The number of rotatable bonds is 6. The van der Waals surface area contributed by atoms with Gasteiger partial charge in [-0.1, -0.05) is 6.07 Å². The first-order valence-corrected chi connectivity index (χ1v) is 11.3. The average Bonchev–Trinajstić information content (AvgIpc) is 3.21. The van der Waals surface area contributed by atoms with Crippen LogP contribution in [0, 0.1) is 6.92 Å². The van der Waals surface area contributed by atoms with E-state index in [4.69, 9.17) is 4.74 Å². The lowest BCUT2D eigenvalue weighted by Crippen LogP contribution is -2.21. The van der Waals surface area contributed by atoms with Crippen molar-refractivity contribution in [3.8, 4) is 0 Å². The molecular weight excluding hydrogens is 392 g/mol. The van der Waals surface area contributed by atoms with Crippen molar-refractivity contribution in [3.63, 3.8) is 0 Å². The third-order valence-corrected chi connectivity index (χ3v) is 5.92. The van der Waals surface area contributed by atoms with Crippen molar-refractivity contribution in [2.45, 2.75) is 24.7 Å². The Morgan fingerprint density at radius 3 is 2.34 bits per heavy atom. The van der Waals surface area contributed by atoms with E-state index in [1.165, 1.54) is 31.0 Å². The molecule has 0 atom stereocenters. The highest BCUT2D eigenvalue weighted by atomic mass is 32.2. The molecule has 1 amide bonds. The van der Waals surface area contributed by atoms with Crippen LogP contribution in [-0.2, 0) is 19.4 Å². The SMILES string of the molecule is Cc1ccc(S(C)(=O)=O)cc1C(=O)OCC(=O)Nc1ccc(N2CCCC2)cc1. The predicted molar refractivity (Wildman–Crippen MR) is 111 cm³/mol. The molecule has 0 saturated carbocycles. The Balaban J connectivity index is 1.57. The Bertz CT molecular complexity index is 1010. The molecule has 29 heavy (non-hydrogen) atoms. The number of benzene rings is 2. The van der Waals surface area contributed by atoms with Gasteiger partial charge < -0.3 is 15.0 Å². The van der Waals surface area contributed by atoms with Crippen molar-refractivity contribution in [2.24, 2.45) is 0 Å². The molecule has 3 rings (SSSR count). The Morgan fingerprint density at radius 2 is 1.72 bits per heavy atom. The number of hydrogen-bond donors (Lipinski definition) is 1. The second-order valence-corrected chi connectivity index (χ2v) is 9.13. The molecule has 0 radical (unpaired) electrons. The fraction of sp³-hybridized carbons (Fsp3) is 0.333. The Kier molecular flexibility index (Phi) is 6.22. The molecular formula is C21H24N2O5S. The van der Waals surface area contributed by atoms with Crippen LogP contribution in [0.3, 0.4) is 0 Å². The van der Waals surface area contributed by atoms with E-state index in [1.54, 1.807) is 6.92 Å². The lowest BCUT2D eigenvalue weighted by atomic mass is 10.1. The summed E-state index contributed by atoms with van der Waals surface area (Å²) in [5.41, 5.74) is 2.42. The number of ether oxygens (including phenoxy) is 1. The van der Waals surface area contributed by atoms with Gasteiger partial charge in [0.15, 0.2) is 16.4 Å². The number of sulfone groups is 1. The fourth-order valence-electron chi connectivity index (χ4n) is 3.19. The van der Waals surface area contributed by atoms with Crippen LogP contribution in [0.5, 0.6) is 0 Å². The number of anilines is 2. The molecule has 154 valence electrons. The van der Waals surface area contributed by atoms with E-state index in [0.29, 0.717) is 11.3 Å². The highest BCUT2D eigenvalue weighted by Crippen LogP contribution is 2.22. The standard InChI is InChI=1S/C21H24N2O5S/c1-15-5-10-18(29(2,26)27)13-19(15)21(25)28-14-20(24)22-16-6-8-17(9-7-16)23-11-3-4-12-23/h5-10,13H,3-4,11-12,14H2,1-2H3,(H,22,24). The second kappa shape index (κ2) is 8.65. The van der Waals surface area contributed by atoms with E-state index >= 15 is 0 Å². The van der Waals surface area contributed by atoms with E-state index in [0.717, 1.165) is 25.0 Å². The molecule has 1 heterocycles. The van der Waals surface area contributed by atoms with Crippen molar-refractivity contribution in [1.29, 1.82) is 0 Å². The summed E-state index contributed by atoms with van der Waals surface area (Å²) in [6, 6.07) is 11.8. The van der Waals surface area contributed by atoms with Crippen molar-refractivity contribution >= 4 is 33.1 Å². The van der Waals surface area contributed by atoms with Gasteiger partial charge in [-0.25, -0.2) is 13.2 Å². The zero-order chi connectivity index (χ0) is 21.0. The first-order chi connectivity index (χ1) is 13.7. The van der Waals surface area contributed by atoms with Crippen LogP contribution in [0.25, 0.3) is 0 Å². The van der Waals surface area contributed by atoms with Crippen LogP contribution in [-0.4, -0.2) is 46.2 Å². The lowest BCUT2D eigenvalue weighted by molar-refractivity contribution is -0.119. The van der Waals surface area contributed by atoms with Gasteiger partial charge in [0.1, 0.15) is 0 Å². The third kappa shape index (κ3) is 5.35. The Morgan fingerprint density at radius 1 is 1.07 bits per heavy atom.